The second-order valence-corrected chi connectivity index (χ2v) is 4.74. The fourth-order valence-electron chi connectivity index (χ4n) is 1.71. The first-order valence-corrected chi connectivity index (χ1v) is 6.16. The molecule has 0 saturated carbocycles. The van der Waals surface area contributed by atoms with E-state index in [2.05, 4.69) is 5.32 Å². The minimum absolute atomic E-state index is 0.120. The van der Waals surface area contributed by atoms with Crippen LogP contribution in [0.3, 0.4) is 0 Å². The number of nitrogens with one attached hydrogen (secondary N) is 1. The summed E-state index contributed by atoms with van der Waals surface area (Å²) < 4.78 is 5.27. The van der Waals surface area contributed by atoms with Crippen molar-refractivity contribution in [2.24, 2.45) is 11.7 Å². The number of para-hydroxylation sites is 1. The molecule has 0 aliphatic carbocycles. The standard InChI is InChI=1S/C14H22N2O2/c1-9(2)13(15)14(17)16-10(3)11-7-5-6-8-12(11)18-4/h5-10,13H,15H2,1-4H3,(H,16,17)/t10?,13-/m1/s1. The largest absolute Gasteiger partial charge is 0.496 e. The van der Waals surface area contributed by atoms with Crippen molar-refractivity contribution in [3.8, 4) is 5.75 Å². The highest BCUT2D eigenvalue weighted by Crippen LogP contribution is 2.24. The molecule has 100 valence electrons. The normalized spacial score (nSPS) is 14.1. The van der Waals surface area contributed by atoms with Crippen molar-refractivity contribution >= 4 is 5.91 Å². The summed E-state index contributed by atoms with van der Waals surface area (Å²) in [5.41, 5.74) is 6.76. The highest BCUT2D eigenvalue weighted by Gasteiger charge is 2.20. The van der Waals surface area contributed by atoms with Gasteiger partial charge in [-0.3, -0.25) is 4.79 Å². The third-order valence-corrected chi connectivity index (χ3v) is 2.99. The van der Waals surface area contributed by atoms with Crippen molar-refractivity contribution in [2.75, 3.05) is 7.11 Å². The maximum atomic E-state index is 11.9. The molecule has 0 radical (unpaired) electrons. The van der Waals surface area contributed by atoms with E-state index in [1.165, 1.54) is 0 Å². The van der Waals surface area contributed by atoms with Gasteiger partial charge in [-0.05, 0) is 18.9 Å². The van der Waals surface area contributed by atoms with Crippen LogP contribution in [0.4, 0.5) is 0 Å². The average Bonchev–Trinajstić information content (AvgIpc) is 2.37. The third kappa shape index (κ3) is 3.47. The van der Waals surface area contributed by atoms with Gasteiger partial charge in [0.05, 0.1) is 19.2 Å². The van der Waals surface area contributed by atoms with E-state index in [9.17, 15) is 4.79 Å². The smallest absolute Gasteiger partial charge is 0.237 e. The maximum absolute atomic E-state index is 11.9. The fraction of sp³-hybridized carbons (Fsp3) is 0.500. The number of carbonyl (C=O) groups is 1. The summed E-state index contributed by atoms with van der Waals surface area (Å²) in [6.45, 7) is 5.78. The zero-order valence-electron chi connectivity index (χ0n) is 11.4. The Hall–Kier alpha value is -1.55. The van der Waals surface area contributed by atoms with Gasteiger partial charge < -0.3 is 15.8 Å². The number of carbonyl (C=O) groups excluding carboxylic acids is 1. The lowest BCUT2D eigenvalue weighted by atomic mass is 10.0. The van der Waals surface area contributed by atoms with Crippen LogP contribution in [0.25, 0.3) is 0 Å². The zero-order valence-corrected chi connectivity index (χ0v) is 11.4. The molecule has 1 unspecified atom stereocenters. The molecule has 1 rings (SSSR count). The van der Waals surface area contributed by atoms with Crippen molar-refractivity contribution in [2.45, 2.75) is 32.9 Å². The predicted octanol–water partition coefficient (Wildman–Crippen LogP) is 1.86. The van der Waals surface area contributed by atoms with Crippen LogP contribution in [0, 0.1) is 5.92 Å². The topological polar surface area (TPSA) is 64.3 Å². The van der Waals surface area contributed by atoms with E-state index in [-0.39, 0.29) is 17.9 Å². The van der Waals surface area contributed by atoms with Crippen LogP contribution < -0.4 is 15.8 Å². The van der Waals surface area contributed by atoms with Crippen LogP contribution in [-0.4, -0.2) is 19.1 Å². The Morgan fingerprint density at radius 3 is 2.44 bits per heavy atom. The Labute approximate surface area is 109 Å². The van der Waals surface area contributed by atoms with E-state index in [0.717, 1.165) is 11.3 Å². The van der Waals surface area contributed by atoms with Crippen molar-refractivity contribution in [3.05, 3.63) is 29.8 Å². The molecular weight excluding hydrogens is 228 g/mol. The van der Waals surface area contributed by atoms with Gasteiger partial charge in [0.2, 0.25) is 5.91 Å². The Balaban J connectivity index is 2.76. The van der Waals surface area contributed by atoms with Gasteiger partial charge in [0.25, 0.3) is 0 Å². The molecule has 0 fully saturated rings. The van der Waals surface area contributed by atoms with Crippen LogP contribution in [0.2, 0.25) is 0 Å². The molecule has 0 spiro atoms. The summed E-state index contributed by atoms with van der Waals surface area (Å²) in [6.07, 6.45) is 0. The molecule has 0 aliphatic rings. The molecule has 1 amide bonds. The average molecular weight is 250 g/mol. The molecule has 0 aliphatic heterocycles. The molecule has 4 heteroatoms. The van der Waals surface area contributed by atoms with Crippen LogP contribution in [0.5, 0.6) is 5.75 Å². The van der Waals surface area contributed by atoms with E-state index >= 15 is 0 Å². The minimum Gasteiger partial charge on any atom is -0.496 e. The van der Waals surface area contributed by atoms with Crippen LogP contribution in [0.1, 0.15) is 32.4 Å². The molecule has 0 aromatic heterocycles. The molecule has 4 nitrogen and oxygen atoms in total. The second-order valence-electron chi connectivity index (χ2n) is 4.74. The van der Waals surface area contributed by atoms with E-state index in [4.69, 9.17) is 10.5 Å². The SMILES string of the molecule is COc1ccccc1C(C)NC(=O)[C@H](N)C(C)C. The Morgan fingerprint density at radius 1 is 1.28 bits per heavy atom. The highest BCUT2D eigenvalue weighted by molar-refractivity contribution is 5.82. The number of benzene rings is 1. The summed E-state index contributed by atoms with van der Waals surface area (Å²) in [7, 11) is 1.62. The number of hydrogen-bond acceptors (Lipinski definition) is 3. The number of ether oxygens (including phenoxy) is 1. The Morgan fingerprint density at radius 2 is 1.89 bits per heavy atom. The molecule has 0 bridgehead atoms. The molecule has 18 heavy (non-hydrogen) atoms. The number of methoxy groups -OCH3 is 1. The lowest BCUT2D eigenvalue weighted by Crippen LogP contribution is -2.44. The first kappa shape index (κ1) is 14.5. The van der Waals surface area contributed by atoms with Crippen molar-refractivity contribution in [1.82, 2.24) is 5.32 Å². The highest BCUT2D eigenvalue weighted by atomic mass is 16.5. The molecule has 3 N–H and O–H groups in total. The third-order valence-electron chi connectivity index (χ3n) is 2.99. The van der Waals surface area contributed by atoms with Crippen molar-refractivity contribution in [3.63, 3.8) is 0 Å². The lowest BCUT2D eigenvalue weighted by Gasteiger charge is -2.21. The summed E-state index contributed by atoms with van der Waals surface area (Å²) in [5, 5.41) is 2.91. The number of hydrogen-bond donors (Lipinski definition) is 2. The van der Waals surface area contributed by atoms with E-state index in [1.54, 1.807) is 7.11 Å². The van der Waals surface area contributed by atoms with Gasteiger partial charge >= 0.3 is 0 Å². The van der Waals surface area contributed by atoms with E-state index in [0.29, 0.717) is 0 Å². The molecule has 2 atom stereocenters. The summed E-state index contributed by atoms with van der Waals surface area (Å²) in [4.78, 5) is 11.9. The van der Waals surface area contributed by atoms with Gasteiger partial charge in [-0.1, -0.05) is 32.0 Å². The van der Waals surface area contributed by atoms with Gasteiger partial charge in [-0.25, -0.2) is 0 Å². The number of rotatable bonds is 5. The second kappa shape index (κ2) is 6.40. The summed E-state index contributed by atoms with van der Waals surface area (Å²) in [6, 6.07) is 7.02. The summed E-state index contributed by atoms with van der Waals surface area (Å²) in [5.74, 6) is 0.752. The minimum atomic E-state index is -0.484. The Bertz CT molecular complexity index is 405. The first-order chi connectivity index (χ1) is 8.47. The van der Waals surface area contributed by atoms with Gasteiger partial charge in [-0.2, -0.15) is 0 Å². The van der Waals surface area contributed by atoms with E-state index in [1.807, 2.05) is 45.0 Å². The monoisotopic (exact) mass is 250 g/mol. The first-order valence-electron chi connectivity index (χ1n) is 6.16. The number of nitrogens with two attached hydrogens (primary N) is 1. The van der Waals surface area contributed by atoms with Crippen molar-refractivity contribution < 1.29 is 9.53 Å². The van der Waals surface area contributed by atoms with Crippen LogP contribution >= 0.6 is 0 Å². The molecule has 1 aromatic rings. The predicted molar refractivity (Wildman–Crippen MR) is 72.4 cm³/mol. The summed E-state index contributed by atoms with van der Waals surface area (Å²) >= 11 is 0. The van der Waals surface area contributed by atoms with Crippen LogP contribution in [0.15, 0.2) is 24.3 Å². The van der Waals surface area contributed by atoms with Gasteiger partial charge in [0, 0.05) is 5.56 Å². The lowest BCUT2D eigenvalue weighted by molar-refractivity contribution is -0.123. The molecule has 1 aromatic carbocycles. The Kier molecular flexibility index (Phi) is 5.16. The molecule has 0 heterocycles. The fourth-order valence-corrected chi connectivity index (χ4v) is 1.71. The van der Waals surface area contributed by atoms with Gasteiger partial charge in [0.1, 0.15) is 5.75 Å². The van der Waals surface area contributed by atoms with E-state index < -0.39 is 6.04 Å². The van der Waals surface area contributed by atoms with Gasteiger partial charge in [-0.15, -0.1) is 0 Å². The number of amides is 1. The maximum Gasteiger partial charge on any atom is 0.237 e. The zero-order chi connectivity index (χ0) is 13.7. The van der Waals surface area contributed by atoms with Crippen LogP contribution in [-0.2, 0) is 4.79 Å². The quantitative estimate of drug-likeness (QED) is 0.838. The molecular formula is C14H22N2O2. The van der Waals surface area contributed by atoms with Crippen molar-refractivity contribution in [1.29, 1.82) is 0 Å². The van der Waals surface area contributed by atoms with Gasteiger partial charge in [0.15, 0.2) is 0 Å². The molecule has 0 saturated heterocycles.